The summed E-state index contributed by atoms with van der Waals surface area (Å²) >= 11 is 0. The molecule has 1 saturated heterocycles. The van der Waals surface area contributed by atoms with Crippen molar-refractivity contribution in [1.29, 1.82) is 0 Å². The molecule has 2 N–H and O–H groups in total. The molecule has 2 rings (SSSR count). The van der Waals surface area contributed by atoms with Crippen LogP contribution < -0.4 is 5.32 Å². The molecule has 0 unspecified atom stereocenters. The van der Waals surface area contributed by atoms with E-state index in [1.165, 1.54) is 6.07 Å². The highest BCUT2D eigenvalue weighted by Gasteiger charge is 2.38. The minimum absolute atomic E-state index is 0.176. The Kier molecular flexibility index (Phi) is 2.05. The van der Waals surface area contributed by atoms with Crippen LogP contribution in [0, 0.1) is 18.6 Å². The van der Waals surface area contributed by atoms with E-state index in [2.05, 4.69) is 5.32 Å². The summed E-state index contributed by atoms with van der Waals surface area (Å²) in [6, 6.07) is 2.19. The molecule has 0 atom stereocenters. The highest BCUT2D eigenvalue weighted by atomic mass is 19.1. The standard InChI is InChI=1S/C10H11F2NO/c1-6-2-7(9(12)3-8(6)11)10(14)4-13-5-10/h2-3,13-14H,4-5H2,1H3. The van der Waals surface area contributed by atoms with Crippen LogP contribution in [0.5, 0.6) is 0 Å². The van der Waals surface area contributed by atoms with Crippen LogP contribution in [0.4, 0.5) is 8.78 Å². The zero-order valence-corrected chi connectivity index (χ0v) is 7.77. The number of β-amino-alcohol motifs (C(OH)–C–C–N with tert-alkyl or cyclic N) is 1. The van der Waals surface area contributed by atoms with Crippen molar-refractivity contribution in [3.8, 4) is 0 Å². The molecule has 1 aliphatic rings. The first-order chi connectivity index (χ1) is 6.53. The van der Waals surface area contributed by atoms with Gasteiger partial charge in [0.15, 0.2) is 0 Å². The molecule has 1 fully saturated rings. The van der Waals surface area contributed by atoms with E-state index < -0.39 is 17.2 Å². The minimum atomic E-state index is -1.16. The summed E-state index contributed by atoms with van der Waals surface area (Å²) in [4.78, 5) is 0. The first kappa shape index (κ1) is 9.55. The van der Waals surface area contributed by atoms with Gasteiger partial charge in [-0.25, -0.2) is 8.78 Å². The van der Waals surface area contributed by atoms with Crippen LogP contribution in [-0.4, -0.2) is 18.2 Å². The predicted octanol–water partition coefficient (Wildman–Crippen LogP) is 1.06. The van der Waals surface area contributed by atoms with E-state index in [0.29, 0.717) is 18.7 Å². The molecule has 0 bridgehead atoms. The lowest BCUT2D eigenvalue weighted by Crippen LogP contribution is -2.57. The second-order valence-electron chi connectivity index (χ2n) is 3.72. The Morgan fingerprint density at radius 2 is 1.93 bits per heavy atom. The van der Waals surface area contributed by atoms with Gasteiger partial charge in [0.1, 0.15) is 17.2 Å². The van der Waals surface area contributed by atoms with Gasteiger partial charge in [-0.1, -0.05) is 0 Å². The van der Waals surface area contributed by atoms with E-state index in [-0.39, 0.29) is 5.56 Å². The zero-order valence-electron chi connectivity index (χ0n) is 7.77. The van der Waals surface area contributed by atoms with Gasteiger partial charge in [0.25, 0.3) is 0 Å². The van der Waals surface area contributed by atoms with Gasteiger partial charge < -0.3 is 10.4 Å². The fraction of sp³-hybridized carbons (Fsp3) is 0.400. The maximum atomic E-state index is 13.3. The van der Waals surface area contributed by atoms with Crippen molar-refractivity contribution in [1.82, 2.24) is 5.32 Å². The van der Waals surface area contributed by atoms with Gasteiger partial charge in [0.2, 0.25) is 0 Å². The maximum Gasteiger partial charge on any atom is 0.132 e. The van der Waals surface area contributed by atoms with Crippen molar-refractivity contribution in [2.24, 2.45) is 0 Å². The highest BCUT2D eigenvalue weighted by Crippen LogP contribution is 2.29. The molecule has 0 aromatic heterocycles. The topological polar surface area (TPSA) is 32.3 Å². The summed E-state index contributed by atoms with van der Waals surface area (Å²) < 4.78 is 26.3. The fourth-order valence-corrected chi connectivity index (χ4v) is 1.57. The molecule has 4 heteroatoms. The van der Waals surface area contributed by atoms with Gasteiger partial charge in [0.05, 0.1) is 0 Å². The Hall–Kier alpha value is -1.00. The molecule has 1 aromatic rings. The first-order valence-electron chi connectivity index (χ1n) is 4.42. The molecule has 0 spiro atoms. The molecular weight excluding hydrogens is 188 g/mol. The minimum Gasteiger partial charge on any atom is -0.382 e. The summed E-state index contributed by atoms with van der Waals surface area (Å²) in [5.74, 6) is -1.26. The van der Waals surface area contributed by atoms with Crippen LogP contribution in [0.2, 0.25) is 0 Å². The molecule has 0 aliphatic carbocycles. The molecule has 14 heavy (non-hydrogen) atoms. The second-order valence-corrected chi connectivity index (χ2v) is 3.72. The number of nitrogens with one attached hydrogen (secondary N) is 1. The van der Waals surface area contributed by atoms with Crippen LogP contribution in [-0.2, 0) is 5.60 Å². The quantitative estimate of drug-likeness (QED) is 0.709. The lowest BCUT2D eigenvalue weighted by molar-refractivity contribution is -0.0177. The van der Waals surface area contributed by atoms with Gasteiger partial charge >= 0.3 is 0 Å². The summed E-state index contributed by atoms with van der Waals surface area (Å²) in [7, 11) is 0. The van der Waals surface area contributed by atoms with E-state index in [1.807, 2.05) is 0 Å². The SMILES string of the molecule is Cc1cc(C2(O)CNC2)c(F)cc1F. The molecule has 1 aliphatic heterocycles. The predicted molar refractivity (Wildman–Crippen MR) is 47.9 cm³/mol. The third-order valence-electron chi connectivity index (χ3n) is 2.58. The lowest BCUT2D eigenvalue weighted by atomic mass is 9.87. The number of aryl methyl sites for hydroxylation is 1. The average Bonchev–Trinajstić information content (AvgIpc) is 2.07. The van der Waals surface area contributed by atoms with Crippen LogP contribution >= 0.6 is 0 Å². The van der Waals surface area contributed by atoms with Crippen molar-refractivity contribution >= 4 is 0 Å². The average molecular weight is 199 g/mol. The Balaban J connectivity index is 2.48. The number of hydrogen-bond acceptors (Lipinski definition) is 2. The lowest BCUT2D eigenvalue weighted by Gasteiger charge is -2.38. The van der Waals surface area contributed by atoms with Crippen LogP contribution in [0.3, 0.4) is 0 Å². The molecule has 1 aromatic carbocycles. The smallest absolute Gasteiger partial charge is 0.132 e. The number of rotatable bonds is 1. The molecule has 0 saturated carbocycles. The second kappa shape index (κ2) is 3.00. The number of hydrogen-bond donors (Lipinski definition) is 2. The van der Waals surface area contributed by atoms with E-state index >= 15 is 0 Å². The zero-order chi connectivity index (χ0) is 10.3. The summed E-state index contributed by atoms with van der Waals surface area (Å²) in [6.07, 6.45) is 0. The van der Waals surface area contributed by atoms with Crippen LogP contribution in [0.1, 0.15) is 11.1 Å². The van der Waals surface area contributed by atoms with Crippen molar-refractivity contribution in [2.45, 2.75) is 12.5 Å². The Labute approximate surface area is 80.6 Å². The van der Waals surface area contributed by atoms with Gasteiger partial charge in [0, 0.05) is 24.7 Å². The third kappa shape index (κ3) is 1.31. The number of benzene rings is 1. The Bertz CT molecular complexity index is 375. The first-order valence-corrected chi connectivity index (χ1v) is 4.42. The van der Waals surface area contributed by atoms with Crippen molar-refractivity contribution < 1.29 is 13.9 Å². The number of halogens is 2. The highest BCUT2D eigenvalue weighted by molar-refractivity contribution is 5.32. The van der Waals surface area contributed by atoms with Gasteiger partial charge in [-0.15, -0.1) is 0 Å². The van der Waals surface area contributed by atoms with E-state index in [4.69, 9.17) is 0 Å². The largest absolute Gasteiger partial charge is 0.382 e. The van der Waals surface area contributed by atoms with Gasteiger partial charge in [-0.05, 0) is 18.6 Å². The number of aliphatic hydroxyl groups is 1. The molecule has 1 heterocycles. The summed E-state index contributed by atoms with van der Waals surface area (Å²) in [6.45, 7) is 2.18. The van der Waals surface area contributed by atoms with Crippen LogP contribution in [0.15, 0.2) is 12.1 Å². The normalized spacial score (nSPS) is 19.1. The third-order valence-corrected chi connectivity index (χ3v) is 2.58. The Morgan fingerprint density at radius 3 is 2.43 bits per heavy atom. The van der Waals surface area contributed by atoms with E-state index in [9.17, 15) is 13.9 Å². The van der Waals surface area contributed by atoms with Gasteiger partial charge in [-0.2, -0.15) is 0 Å². The van der Waals surface area contributed by atoms with Crippen molar-refractivity contribution in [3.05, 3.63) is 34.9 Å². The van der Waals surface area contributed by atoms with Crippen molar-refractivity contribution in [2.75, 3.05) is 13.1 Å². The molecule has 2 nitrogen and oxygen atoms in total. The summed E-state index contributed by atoms with van der Waals surface area (Å²) in [5.41, 5.74) is -0.639. The Morgan fingerprint density at radius 1 is 1.29 bits per heavy atom. The van der Waals surface area contributed by atoms with Crippen molar-refractivity contribution in [3.63, 3.8) is 0 Å². The maximum absolute atomic E-state index is 13.3. The molecular formula is C10H11F2NO. The van der Waals surface area contributed by atoms with Gasteiger partial charge in [-0.3, -0.25) is 0 Å². The molecule has 76 valence electrons. The van der Waals surface area contributed by atoms with E-state index in [0.717, 1.165) is 6.07 Å². The molecule has 0 amide bonds. The summed E-state index contributed by atoms with van der Waals surface area (Å²) in [5, 5.41) is 12.7. The van der Waals surface area contributed by atoms with Crippen LogP contribution in [0.25, 0.3) is 0 Å². The molecule has 0 radical (unpaired) electrons. The van der Waals surface area contributed by atoms with E-state index in [1.54, 1.807) is 6.92 Å². The monoisotopic (exact) mass is 199 g/mol. The fourth-order valence-electron chi connectivity index (χ4n) is 1.57.